The zero-order valence-electron chi connectivity index (χ0n) is 10.9. The molecule has 0 aliphatic heterocycles. The van der Waals surface area contributed by atoms with Gasteiger partial charge in [0, 0.05) is 7.05 Å². The van der Waals surface area contributed by atoms with Crippen LogP contribution in [0.3, 0.4) is 0 Å². The molecule has 0 radical (unpaired) electrons. The highest BCUT2D eigenvalue weighted by Crippen LogP contribution is 2.17. The van der Waals surface area contributed by atoms with E-state index in [0.717, 1.165) is 11.3 Å². The highest BCUT2D eigenvalue weighted by Gasteiger charge is 2.10. The molecule has 0 saturated heterocycles. The van der Waals surface area contributed by atoms with E-state index < -0.39 is 0 Å². The zero-order valence-corrected chi connectivity index (χ0v) is 10.9. The van der Waals surface area contributed by atoms with E-state index in [-0.39, 0.29) is 12.3 Å². The summed E-state index contributed by atoms with van der Waals surface area (Å²) in [7, 11) is 3.31. The summed E-state index contributed by atoms with van der Waals surface area (Å²) in [6, 6.07) is 7.38. The van der Waals surface area contributed by atoms with Gasteiger partial charge in [-0.1, -0.05) is 12.1 Å². The van der Waals surface area contributed by atoms with Crippen molar-refractivity contribution in [1.82, 2.24) is 9.78 Å². The van der Waals surface area contributed by atoms with Crippen LogP contribution in [0.5, 0.6) is 5.75 Å². The Labute approximate surface area is 111 Å². The summed E-state index contributed by atoms with van der Waals surface area (Å²) in [5, 5.41) is 6.70. The van der Waals surface area contributed by atoms with Crippen LogP contribution in [0.25, 0.3) is 0 Å². The van der Waals surface area contributed by atoms with Gasteiger partial charge >= 0.3 is 0 Å². The largest absolute Gasteiger partial charge is 0.497 e. The summed E-state index contributed by atoms with van der Waals surface area (Å²) in [6.45, 7) is 0. The minimum absolute atomic E-state index is 0.149. The van der Waals surface area contributed by atoms with Gasteiger partial charge in [-0.05, 0) is 17.7 Å². The van der Waals surface area contributed by atoms with E-state index in [9.17, 15) is 4.79 Å². The maximum atomic E-state index is 11.9. The van der Waals surface area contributed by atoms with Gasteiger partial charge in [0.1, 0.15) is 5.75 Å². The molecule has 0 aliphatic carbocycles. The molecule has 0 aliphatic rings. The molecule has 2 aromatic rings. The van der Waals surface area contributed by atoms with Crippen LogP contribution in [0.2, 0.25) is 0 Å². The number of amides is 1. The molecule has 6 heteroatoms. The lowest BCUT2D eigenvalue weighted by Crippen LogP contribution is -2.17. The number of carbonyl (C=O) groups is 1. The number of anilines is 2. The van der Waals surface area contributed by atoms with Crippen molar-refractivity contribution in [1.29, 1.82) is 0 Å². The number of nitrogens with one attached hydrogen (secondary N) is 1. The molecule has 2 rings (SSSR count). The van der Waals surface area contributed by atoms with Crippen molar-refractivity contribution in [3.8, 4) is 5.75 Å². The van der Waals surface area contributed by atoms with Crippen LogP contribution in [0.4, 0.5) is 11.5 Å². The number of aromatic nitrogens is 2. The van der Waals surface area contributed by atoms with E-state index in [1.54, 1.807) is 14.2 Å². The molecule has 1 amide bonds. The number of methoxy groups -OCH3 is 1. The Morgan fingerprint density at radius 3 is 2.95 bits per heavy atom. The van der Waals surface area contributed by atoms with Gasteiger partial charge in [-0.25, -0.2) is 0 Å². The van der Waals surface area contributed by atoms with Crippen LogP contribution in [-0.4, -0.2) is 22.8 Å². The van der Waals surface area contributed by atoms with E-state index >= 15 is 0 Å². The molecule has 100 valence electrons. The average molecular weight is 260 g/mol. The normalized spacial score (nSPS) is 10.2. The Hall–Kier alpha value is -2.50. The molecule has 0 unspecified atom stereocenters. The van der Waals surface area contributed by atoms with E-state index in [2.05, 4.69) is 10.4 Å². The van der Waals surface area contributed by atoms with Crippen molar-refractivity contribution in [2.24, 2.45) is 7.05 Å². The van der Waals surface area contributed by atoms with E-state index in [1.165, 1.54) is 10.9 Å². The van der Waals surface area contributed by atoms with Gasteiger partial charge in [-0.2, -0.15) is 5.10 Å². The number of hydrogen-bond donors (Lipinski definition) is 2. The number of ether oxygens (including phenoxy) is 1. The zero-order chi connectivity index (χ0) is 13.8. The van der Waals surface area contributed by atoms with E-state index in [4.69, 9.17) is 10.5 Å². The number of hydrogen-bond acceptors (Lipinski definition) is 4. The third kappa shape index (κ3) is 3.04. The predicted molar refractivity (Wildman–Crippen MR) is 72.9 cm³/mol. The summed E-state index contributed by atoms with van der Waals surface area (Å²) in [5.74, 6) is 1.08. The van der Waals surface area contributed by atoms with E-state index in [1.807, 2.05) is 24.3 Å². The van der Waals surface area contributed by atoms with Gasteiger partial charge in [0.25, 0.3) is 0 Å². The standard InChI is InChI=1S/C13H16N4O2/c1-17-13(11(14)8-15-17)16-12(18)7-9-4-3-5-10(6-9)19-2/h3-6,8H,7,14H2,1-2H3,(H,16,18). The highest BCUT2D eigenvalue weighted by molar-refractivity contribution is 5.93. The molecule has 1 heterocycles. The highest BCUT2D eigenvalue weighted by atomic mass is 16.5. The average Bonchev–Trinajstić information content (AvgIpc) is 2.71. The molecule has 1 aromatic carbocycles. The maximum Gasteiger partial charge on any atom is 0.229 e. The van der Waals surface area contributed by atoms with Crippen molar-refractivity contribution in [2.45, 2.75) is 6.42 Å². The first-order valence-corrected chi connectivity index (χ1v) is 5.80. The number of carbonyl (C=O) groups excluding carboxylic acids is 1. The monoisotopic (exact) mass is 260 g/mol. The second-order valence-electron chi connectivity index (χ2n) is 4.15. The summed E-state index contributed by atoms with van der Waals surface area (Å²) >= 11 is 0. The van der Waals surface area contributed by atoms with Gasteiger partial charge in [-0.15, -0.1) is 0 Å². The molecule has 0 atom stereocenters. The topological polar surface area (TPSA) is 82.2 Å². The fourth-order valence-corrected chi connectivity index (χ4v) is 1.75. The number of nitrogens with two attached hydrogens (primary N) is 1. The molecule has 0 fully saturated rings. The second-order valence-corrected chi connectivity index (χ2v) is 4.15. The lowest BCUT2D eigenvalue weighted by atomic mass is 10.1. The fraction of sp³-hybridized carbons (Fsp3) is 0.231. The van der Waals surface area contributed by atoms with Gasteiger partial charge < -0.3 is 15.8 Å². The first-order chi connectivity index (χ1) is 9.10. The smallest absolute Gasteiger partial charge is 0.229 e. The lowest BCUT2D eigenvalue weighted by molar-refractivity contribution is -0.115. The molecule has 1 aromatic heterocycles. The van der Waals surface area contributed by atoms with Crippen molar-refractivity contribution in [3.05, 3.63) is 36.0 Å². The third-order valence-corrected chi connectivity index (χ3v) is 2.72. The predicted octanol–water partition coefficient (Wildman–Crippen LogP) is 1.19. The molecule has 0 bridgehead atoms. The summed E-state index contributed by atoms with van der Waals surface area (Å²) in [6.07, 6.45) is 1.75. The summed E-state index contributed by atoms with van der Waals surface area (Å²) in [4.78, 5) is 11.9. The third-order valence-electron chi connectivity index (χ3n) is 2.72. The Bertz CT molecular complexity index is 573. The minimum atomic E-state index is -0.149. The molecule has 0 spiro atoms. The van der Waals surface area contributed by atoms with Crippen LogP contribution in [-0.2, 0) is 18.3 Å². The van der Waals surface area contributed by atoms with Crippen LogP contribution >= 0.6 is 0 Å². The number of nitrogens with zero attached hydrogens (tertiary/aromatic N) is 2. The second kappa shape index (κ2) is 5.43. The first-order valence-electron chi connectivity index (χ1n) is 5.80. The Balaban J connectivity index is 2.05. The SMILES string of the molecule is COc1cccc(CC(=O)Nc2c(N)cnn2C)c1. The lowest BCUT2D eigenvalue weighted by Gasteiger charge is -2.07. The van der Waals surface area contributed by atoms with Crippen molar-refractivity contribution < 1.29 is 9.53 Å². The minimum Gasteiger partial charge on any atom is -0.497 e. The van der Waals surface area contributed by atoms with E-state index in [0.29, 0.717) is 11.5 Å². The summed E-state index contributed by atoms with van der Waals surface area (Å²) in [5.41, 5.74) is 7.03. The quantitative estimate of drug-likeness (QED) is 0.865. The van der Waals surface area contributed by atoms with Crippen LogP contribution in [0.15, 0.2) is 30.5 Å². The van der Waals surface area contributed by atoms with Crippen LogP contribution < -0.4 is 15.8 Å². The molecular formula is C13H16N4O2. The Kier molecular flexibility index (Phi) is 3.70. The molecule has 19 heavy (non-hydrogen) atoms. The number of nitrogen functional groups attached to an aromatic ring is 1. The number of aryl methyl sites for hydroxylation is 1. The van der Waals surface area contributed by atoms with Crippen molar-refractivity contribution >= 4 is 17.4 Å². The van der Waals surface area contributed by atoms with Crippen LogP contribution in [0.1, 0.15) is 5.56 Å². The van der Waals surface area contributed by atoms with Gasteiger partial charge in [0.05, 0.1) is 25.4 Å². The van der Waals surface area contributed by atoms with Gasteiger partial charge in [0.15, 0.2) is 5.82 Å². The molecule has 6 nitrogen and oxygen atoms in total. The van der Waals surface area contributed by atoms with Crippen molar-refractivity contribution in [2.75, 3.05) is 18.2 Å². The van der Waals surface area contributed by atoms with Crippen LogP contribution in [0, 0.1) is 0 Å². The maximum absolute atomic E-state index is 11.9. The van der Waals surface area contributed by atoms with Crippen molar-refractivity contribution in [3.63, 3.8) is 0 Å². The Morgan fingerprint density at radius 1 is 1.53 bits per heavy atom. The van der Waals surface area contributed by atoms with Gasteiger partial charge in [-0.3, -0.25) is 9.48 Å². The molecule has 3 N–H and O–H groups in total. The molecule has 0 saturated carbocycles. The van der Waals surface area contributed by atoms with Gasteiger partial charge in [0.2, 0.25) is 5.91 Å². The summed E-state index contributed by atoms with van der Waals surface area (Å²) < 4.78 is 6.64. The number of benzene rings is 1. The number of rotatable bonds is 4. The fourth-order valence-electron chi connectivity index (χ4n) is 1.75. The molecular weight excluding hydrogens is 244 g/mol. The first kappa shape index (κ1) is 12.9. The Morgan fingerprint density at radius 2 is 2.32 bits per heavy atom.